The van der Waals surface area contributed by atoms with E-state index in [-0.39, 0.29) is 26.0 Å². The van der Waals surface area contributed by atoms with Crippen molar-refractivity contribution in [3.63, 3.8) is 0 Å². The fourth-order valence-electron chi connectivity index (χ4n) is 2.21. The molecule has 0 spiro atoms. The average Bonchev–Trinajstić information content (AvgIpc) is 3.22. The van der Waals surface area contributed by atoms with Gasteiger partial charge in [-0.25, -0.2) is 21.6 Å². The van der Waals surface area contributed by atoms with Gasteiger partial charge in [0.05, 0.1) is 16.3 Å². The van der Waals surface area contributed by atoms with Gasteiger partial charge in [-0.2, -0.15) is 10.2 Å². The third-order valence-corrected chi connectivity index (χ3v) is 8.54. The molecule has 0 aliphatic carbocycles. The average molecular weight is 468 g/mol. The molecule has 30 heavy (non-hydrogen) atoms. The lowest BCUT2D eigenvalue weighted by atomic mass is 10.2. The highest BCUT2D eigenvalue weighted by molar-refractivity contribution is 8.05. The second-order valence-corrected chi connectivity index (χ2v) is 10.5. The molecule has 0 saturated carbocycles. The summed E-state index contributed by atoms with van der Waals surface area (Å²) in [6, 6.07) is 11.3. The first-order chi connectivity index (χ1) is 14.1. The molecule has 0 radical (unpaired) electrons. The monoisotopic (exact) mass is 467 g/mol. The molecule has 1 aromatic heterocycles. The van der Waals surface area contributed by atoms with Crippen LogP contribution >= 0.6 is 11.3 Å². The Bertz CT molecular complexity index is 1320. The first-order valence-electron chi connectivity index (χ1n) is 7.99. The number of benzene rings is 2. The maximum absolute atomic E-state index is 12.3. The molecule has 13 heteroatoms. The van der Waals surface area contributed by atoms with Crippen molar-refractivity contribution in [1.29, 1.82) is 0 Å². The number of hydrogen-bond donors (Lipinski definition) is 3. The topological polar surface area (TPSA) is 163 Å². The summed E-state index contributed by atoms with van der Waals surface area (Å²) in [5.41, 5.74) is 0.0523. The van der Waals surface area contributed by atoms with E-state index < -0.39 is 31.8 Å². The molecule has 0 atom stereocenters. The van der Waals surface area contributed by atoms with Crippen LogP contribution in [0.1, 0.15) is 10.4 Å². The first kappa shape index (κ1) is 21.6. The van der Waals surface area contributed by atoms with Crippen LogP contribution in [-0.4, -0.2) is 33.0 Å². The number of sulfonamides is 2. The summed E-state index contributed by atoms with van der Waals surface area (Å²) in [6.45, 7) is 0. The highest BCUT2D eigenvalue weighted by atomic mass is 32.3. The number of carboxylic acids is 1. The summed E-state index contributed by atoms with van der Waals surface area (Å²) in [5, 5.41) is 27.7. The van der Waals surface area contributed by atoms with E-state index in [1.807, 2.05) is 0 Å². The molecule has 1 heterocycles. The molecule has 10 nitrogen and oxygen atoms in total. The molecule has 3 N–H and O–H groups in total. The summed E-state index contributed by atoms with van der Waals surface area (Å²) in [6.07, 6.45) is 0. The Morgan fingerprint density at radius 3 is 2.13 bits per heavy atom. The fourth-order valence-corrected chi connectivity index (χ4v) is 6.26. The minimum Gasteiger partial charge on any atom is -0.507 e. The standard InChI is InChI=1S/C17H13N3O7S3/c21-15-8-5-12(10-14(15)17(22)23)19-18-11-3-6-13(7-4-11)29(24,25)20-30(26,27)16-2-1-9-28-16/h1-10,20-21H,(H,22,23). The molecular formula is C17H13N3O7S3. The van der Waals surface area contributed by atoms with Gasteiger partial charge >= 0.3 is 5.97 Å². The van der Waals surface area contributed by atoms with E-state index in [1.54, 1.807) is 4.13 Å². The maximum atomic E-state index is 12.3. The zero-order valence-electron chi connectivity index (χ0n) is 14.8. The Balaban J connectivity index is 1.79. The number of carbonyl (C=O) groups is 1. The molecule has 0 fully saturated rings. The second kappa shape index (κ2) is 8.31. The van der Waals surface area contributed by atoms with Crippen LogP contribution < -0.4 is 4.13 Å². The quantitative estimate of drug-likeness (QED) is 0.449. The number of azo groups is 1. The number of aromatic carboxylic acids is 1. The van der Waals surface area contributed by atoms with Gasteiger partial charge in [0, 0.05) is 0 Å². The van der Waals surface area contributed by atoms with Gasteiger partial charge in [-0.15, -0.1) is 11.3 Å². The number of hydrogen-bond acceptors (Lipinski definition) is 9. The lowest BCUT2D eigenvalue weighted by molar-refractivity contribution is 0.0693. The summed E-state index contributed by atoms with van der Waals surface area (Å²) in [5.74, 6) is -1.75. The lowest BCUT2D eigenvalue weighted by Gasteiger charge is -2.06. The number of phenols is 1. The number of thiophene rings is 1. The number of aromatic hydroxyl groups is 1. The highest BCUT2D eigenvalue weighted by Crippen LogP contribution is 2.26. The van der Waals surface area contributed by atoms with E-state index in [4.69, 9.17) is 5.11 Å². The third-order valence-electron chi connectivity index (χ3n) is 3.62. The van der Waals surface area contributed by atoms with Crippen LogP contribution in [0.4, 0.5) is 11.4 Å². The minimum atomic E-state index is -4.34. The van der Waals surface area contributed by atoms with Crippen LogP contribution in [0.3, 0.4) is 0 Å². The zero-order valence-corrected chi connectivity index (χ0v) is 17.3. The van der Waals surface area contributed by atoms with Crippen molar-refractivity contribution in [1.82, 2.24) is 4.13 Å². The van der Waals surface area contributed by atoms with Gasteiger partial charge in [0.15, 0.2) is 0 Å². The SMILES string of the molecule is O=C(O)c1cc(N=Nc2ccc(S(=O)(=O)NS(=O)(=O)c3cccs3)cc2)ccc1O. The van der Waals surface area contributed by atoms with Crippen LogP contribution in [0.2, 0.25) is 0 Å². The van der Waals surface area contributed by atoms with Gasteiger partial charge in [0.1, 0.15) is 15.5 Å². The molecule has 156 valence electrons. The molecule has 3 rings (SSSR count). The normalized spacial score (nSPS) is 12.3. The Labute approximate surface area is 175 Å². The predicted octanol–water partition coefficient (Wildman–Crippen LogP) is 3.23. The number of rotatable bonds is 7. The van der Waals surface area contributed by atoms with Crippen molar-refractivity contribution in [3.8, 4) is 5.75 Å². The Kier molecular flexibility index (Phi) is 5.98. The smallest absolute Gasteiger partial charge is 0.339 e. The van der Waals surface area contributed by atoms with E-state index in [0.717, 1.165) is 35.6 Å². The van der Waals surface area contributed by atoms with Crippen molar-refractivity contribution >= 4 is 48.7 Å². The van der Waals surface area contributed by atoms with Gasteiger partial charge in [-0.05, 0) is 53.9 Å². The van der Waals surface area contributed by atoms with E-state index >= 15 is 0 Å². The molecule has 0 aliphatic rings. The van der Waals surface area contributed by atoms with Gasteiger partial charge in [0.2, 0.25) is 0 Å². The fraction of sp³-hybridized carbons (Fsp3) is 0. The van der Waals surface area contributed by atoms with Crippen molar-refractivity contribution in [2.45, 2.75) is 9.10 Å². The van der Waals surface area contributed by atoms with Crippen LogP contribution in [0.15, 0.2) is 79.3 Å². The number of nitrogens with zero attached hydrogens (tertiary/aromatic N) is 2. The van der Waals surface area contributed by atoms with E-state index in [9.17, 15) is 26.7 Å². The molecule has 0 bridgehead atoms. The van der Waals surface area contributed by atoms with Crippen LogP contribution in [-0.2, 0) is 20.0 Å². The van der Waals surface area contributed by atoms with Crippen LogP contribution in [0.5, 0.6) is 5.75 Å². The summed E-state index contributed by atoms with van der Waals surface area (Å²) < 4.78 is 50.5. The molecule has 3 aromatic rings. The largest absolute Gasteiger partial charge is 0.507 e. The van der Waals surface area contributed by atoms with Crippen LogP contribution in [0.25, 0.3) is 0 Å². The lowest BCUT2D eigenvalue weighted by Crippen LogP contribution is -2.30. The van der Waals surface area contributed by atoms with E-state index in [1.165, 1.54) is 35.7 Å². The molecule has 2 aromatic carbocycles. The molecule has 0 saturated heterocycles. The van der Waals surface area contributed by atoms with Gasteiger partial charge in [-0.1, -0.05) is 10.2 Å². The Morgan fingerprint density at radius 1 is 0.900 bits per heavy atom. The maximum Gasteiger partial charge on any atom is 0.339 e. The van der Waals surface area contributed by atoms with Gasteiger partial charge in [-0.3, -0.25) is 0 Å². The van der Waals surface area contributed by atoms with Crippen molar-refractivity contribution in [3.05, 3.63) is 65.5 Å². The Morgan fingerprint density at radius 2 is 1.53 bits per heavy atom. The Hall–Kier alpha value is -3.13. The number of carboxylic acid groups (broad SMARTS) is 1. The minimum absolute atomic E-state index is 0.133. The molecule has 0 aliphatic heterocycles. The highest BCUT2D eigenvalue weighted by Gasteiger charge is 2.25. The summed E-state index contributed by atoms with van der Waals surface area (Å²) >= 11 is 0.882. The molecular weight excluding hydrogens is 454 g/mol. The first-order valence-corrected chi connectivity index (χ1v) is 11.8. The second-order valence-electron chi connectivity index (χ2n) is 5.72. The van der Waals surface area contributed by atoms with Gasteiger partial charge in [0.25, 0.3) is 20.0 Å². The zero-order chi connectivity index (χ0) is 21.9. The van der Waals surface area contributed by atoms with Gasteiger partial charge < -0.3 is 10.2 Å². The van der Waals surface area contributed by atoms with Crippen molar-refractivity contribution in [2.24, 2.45) is 10.2 Å². The molecule has 0 amide bonds. The van der Waals surface area contributed by atoms with Crippen molar-refractivity contribution < 1.29 is 31.8 Å². The predicted molar refractivity (Wildman–Crippen MR) is 108 cm³/mol. The number of nitrogens with one attached hydrogen (secondary N) is 1. The summed E-state index contributed by atoms with van der Waals surface area (Å²) in [4.78, 5) is 10.7. The van der Waals surface area contributed by atoms with Crippen molar-refractivity contribution in [2.75, 3.05) is 0 Å². The third kappa shape index (κ3) is 4.88. The van der Waals surface area contributed by atoms with E-state index in [0.29, 0.717) is 0 Å². The van der Waals surface area contributed by atoms with E-state index in [2.05, 4.69) is 10.2 Å². The molecule has 0 unspecified atom stereocenters. The van der Waals surface area contributed by atoms with Crippen LogP contribution in [0, 0.1) is 0 Å². The summed E-state index contributed by atoms with van der Waals surface area (Å²) in [7, 11) is -8.57.